The predicted molar refractivity (Wildman–Crippen MR) is 51.4 cm³/mol. The lowest BCUT2D eigenvalue weighted by molar-refractivity contribution is -0.129. The monoisotopic (exact) mass is 187 g/mol. The molecule has 1 saturated heterocycles. The highest BCUT2D eigenvalue weighted by molar-refractivity contribution is 7.99. The number of hydrogen-bond acceptors (Lipinski definition) is 2. The van der Waals surface area contributed by atoms with E-state index < -0.39 is 0 Å². The smallest absolute Gasteiger partial charge is 0.223 e. The Morgan fingerprint density at radius 2 is 2.42 bits per heavy atom. The molecular weight excluding hydrogens is 172 g/mol. The summed E-state index contributed by atoms with van der Waals surface area (Å²) in [6.07, 6.45) is 0.583. The van der Waals surface area contributed by atoms with E-state index in [1.165, 1.54) is 0 Å². The van der Waals surface area contributed by atoms with E-state index in [0.29, 0.717) is 6.42 Å². The Bertz CT molecular complexity index is 155. The first-order valence-electron chi connectivity index (χ1n) is 4.14. The van der Waals surface area contributed by atoms with Crippen LogP contribution < -0.4 is 5.32 Å². The van der Waals surface area contributed by atoms with Gasteiger partial charge in [-0.15, -0.1) is 0 Å². The van der Waals surface area contributed by atoms with Crippen molar-refractivity contribution in [3.8, 4) is 0 Å². The van der Waals surface area contributed by atoms with Crippen LogP contribution in [0.4, 0.5) is 0 Å². The summed E-state index contributed by atoms with van der Waals surface area (Å²) in [5, 5.41) is 4.38. The van der Waals surface area contributed by atoms with Gasteiger partial charge in [0.15, 0.2) is 0 Å². The molecule has 69 valence electrons. The number of carbonyl (C=O) groups is 1. The molecule has 0 aromatic rings. The molecule has 12 heavy (non-hydrogen) atoms. The molecular formula is C8H15N2OS. The summed E-state index contributed by atoms with van der Waals surface area (Å²) in [4.78, 5) is 12.9. The van der Waals surface area contributed by atoms with Crippen molar-refractivity contribution in [2.24, 2.45) is 0 Å². The molecule has 0 bridgehead atoms. The molecule has 1 aliphatic rings. The maximum atomic E-state index is 11.3. The summed E-state index contributed by atoms with van der Waals surface area (Å²) in [6.45, 7) is 0.913. The summed E-state index contributed by atoms with van der Waals surface area (Å²) in [6, 6.07) is 0.263. The average molecular weight is 187 g/mol. The largest absolute Gasteiger partial charge is 0.349 e. The fourth-order valence-electron chi connectivity index (χ4n) is 1.08. The van der Waals surface area contributed by atoms with Gasteiger partial charge in [-0.1, -0.05) is 0 Å². The van der Waals surface area contributed by atoms with E-state index >= 15 is 0 Å². The lowest BCUT2D eigenvalue weighted by atomic mass is 10.2. The topological polar surface area (TPSA) is 34.4 Å². The van der Waals surface area contributed by atoms with Crippen LogP contribution in [0.2, 0.25) is 0 Å². The fraction of sp³-hybridized carbons (Fsp3) is 0.875. The third-order valence-electron chi connectivity index (χ3n) is 1.84. The third kappa shape index (κ3) is 3.03. The van der Waals surface area contributed by atoms with Crippen molar-refractivity contribution in [1.82, 2.24) is 10.2 Å². The molecule has 0 aliphatic carbocycles. The molecule has 0 saturated carbocycles. The van der Waals surface area contributed by atoms with Gasteiger partial charge in [0, 0.05) is 44.6 Å². The van der Waals surface area contributed by atoms with Crippen LogP contribution in [-0.2, 0) is 4.79 Å². The summed E-state index contributed by atoms with van der Waals surface area (Å²) in [5.74, 6) is 2.32. The lowest BCUT2D eigenvalue weighted by Crippen LogP contribution is -2.36. The molecule has 1 atom stereocenters. The molecule has 1 fully saturated rings. The Labute approximate surface area is 77.9 Å². The maximum Gasteiger partial charge on any atom is 0.223 e. The van der Waals surface area contributed by atoms with Crippen molar-refractivity contribution in [1.29, 1.82) is 0 Å². The Hall–Kier alpha value is -0.220. The Morgan fingerprint density at radius 3 is 2.92 bits per heavy atom. The molecule has 1 amide bonds. The number of carbonyl (C=O) groups excluding carboxylic acids is 1. The van der Waals surface area contributed by atoms with Gasteiger partial charge in [0.25, 0.3) is 0 Å². The predicted octanol–water partition coefficient (Wildman–Crippen LogP) is 0.184. The molecule has 1 rings (SSSR count). The van der Waals surface area contributed by atoms with Crippen molar-refractivity contribution < 1.29 is 4.79 Å². The van der Waals surface area contributed by atoms with E-state index in [4.69, 9.17) is 0 Å². The number of hydrogen-bond donors (Lipinski definition) is 0. The van der Waals surface area contributed by atoms with E-state index in [2.05, 4.69) is 5.32 Å². The summed E-state index contributed by atoms with van der Waals surface area (Å²) in [5.41, 5.74) is 0. The second-order valence-electron chi connectivity index (χ2n) is 3.13. The van der Waals surface area contributed by atoms with E-state index in [9.17, 15) is 4.79 Å². The zero-order valence-electron chi connectivity index (χ0n) is 7.62. The van der Waals surface area contributed by atoms with Crippen LogP contribution in [0.1, 0.15) is 6.42 Å². The van der Waals surface area contributed by atoms with E-state index in [-0.39, 0.29) is 11.9 Å². The lowest BCUT2D eigenvalue weighted by Gasteiger charge is -2.22. The summed E-state index contributed by atoms with van der Waals surface area (Å²) >= 11 is 1.89. The van der Waals surface area contributed by atoms with Gasteiger partial charge in [-0.05, 0) is 0 Å². The SMILES string of the molecule is CN(C)C(=O)CC1CSCC[N]1. The summed E-state index contributed by atoms with van der Waals surface area (Å²) in [7, 11) is 3.58. The minimum absolute atomic E-state index is 0.186. The number of nitrogens with zero attached hydrogens (tertiary/aromatic N) is 2. The molecule has 4 heteroatoms. The molecule has 0 aromatic heterocycles. The first-order valence-corrected chi connectivity index (χ1v) is 5.30. The van der Waals surface area contributed by atoms with Crippen LogP contribution in [0, 0.1) is 0 Å². The van der Waals surface area contributed by atoms with Crippen LogP contribution in [0.25, 0.3) is 0 Å². The normalized spacial score (nSPS) is 23.7. The number of thioether (sulfide) groups is 1. The van der Waals surface area contributed by atoms with Gasteiger partial charge in [0.2, 0.25) is 5.91 Å². The van der Waals surface area contributed by atoms with Gasteiger partial charge in [-0.3, -0.25) is 4.79 Å². The molecule has 0 spiro atoms. The van der Waals surface area contributed by atoms with Gasteiger partial charge in [-0.25, -0.2) is 5.32 Å². The number of amides is 1. The first-order chi connectivity index (χ1) is 5.70. The van der Waals surface area contributed by atoms with Crippen LogP contribution in [0.15, 0.2) is 0 Å². The van der Waals surface area contributed by atoms with Crippen LogP contribution in [-0.4, -0.2) is 49.0 Å². The van der Waals surface area contributed by atoms with E-state index in [1.807, 2.05) is 11.8 Å². The van der Waals surface area contributed by atoms with Gasteiger partial charge in [0.05, 0.1) is 0 Å². The number of rotatable bonds is 2. The first kappa shape index (κ1) is 9.86. The minimum atomic E-state index is 0.186. The van der Waals surface area contributed by atoms with E-state index in [0.717, 1.165) is 18.1 Å². The Balaban J connectivity index is 2.24. The minimum Gasteiger partial charge on any atom is -0.349 e. The second kappa shape index (κ2) is 4.72. The van der Waals surface area contributed by atoms with Crippen molar-refractivity contribution in [3.05, 3.63) is 0 Å². The molecule has 1 unspecified atom stereocenters. The Morgan fingerprint density at radius 1 is 1.67 bits per heavy atom. The van der Waals surface area contributed by atoms with Crippen LogP contribution >= 0.6 is 11.8 Å². The second-order valence-corrected chi connectivity index (χ2v) is 4.28. The van der Waals surface area contributed by atoms with Crippen LogP contribution in [0.3, 0.4) is 0 Å². The molecule has 3 nitrogen and oxygen atoms in total. The zero-order chi connectivity index (χ0) is 8.97. The zero-order valence-corrected chi connectivity index (χ0v) is 8.43. The summed E-state index contributed by atoms with van der Waals surface area (Å²) < 4.78 is 0. The molecule has 1 aliphatic heterocycles. The van der Waals surface area contributed by atoms with Crippen molar-refractivity contribution in [3.63, 3.8) is 0 Å². The molecule has 1 radical (unpaired) electrons. The third-order valence-corrected chi connectivity index (χ3v) is 2.93. The van der Waals surface area contributed by atoms with Crippen molar-refractivity contribution in [2.45, 2.75) is 12.5 Å². The molecule has 0 N–H and O–H groups in total. The van der Waals surface area contributed by atoms with Gasteiger partial charge in [0.1, 0.15) is 0 Å². The maximum absolute atomic E-state index is 11.3. The highest BCUT2D eigenvalue weighted by Gasteiger charge is 2.18. The highest BCUT2D eigenvalue weighted by Crippen LogP contribution is 2.11. The molecule has 1 heterocycles. The van der Waals surface area contributed by atoms with Crippen molar-refractivity contribution in [2.75, 3.05) is 32.1 Å². The van der Waals surface area contributed by atoms with Gasteiger partial charge in [-0.2, -0.15) is 11.8 Å². The quantitative estimate of drug-likeness (QED) is 0.618. The van der Waals surface area contributed by atoms with Crippen LogP contribution in [0.5, 0.6) is 0 Å². The van der Waals surface area contributed by atoms with Crippen molar-refractivity contribution >= 4 is 17.7 Å². The fourth-order valence-corrected chi connectivity index (χ4v) is 1.98. The van der Waals surface area contributed by atoms with E-state index in [1.54, 1.807) is 19.0 Å². The average Bonchev–Trinajstić information content (AvgIpc) is 2.06. The highest BCUT2D eigenvalue weighted by atomic mass is 32.2. The van der Waals surface area contributed by atoms with Gasteiger partial charge >= 0.3 is 0 Å². The van der Waals surface area contributed by atoms with Gasteiger partial charge < -0.3 is 4.90 Å². The standard InChI is InChI=1S/C8H15N2OS/c1-10(2)8(11)5-7-6-12-4-3-9-7/h7H,3-6H2,1-2H3. The molecule has 0 aromatic carbocycles. The Kier molecular flexibility index (Phi) is 3.88.